The zero-order chi connectivity index (χ0) is 18.5. The first kappa shape index (κ1) is 19.5. The van der Waals surface area contributed by atoms with Gasteiger partial charge in [0.2, 0.25) is 0 Å². The number of hydrogen-bond donors (Lipinski definition) is 2. The zero-order valence-electron chi connectivity index (χ0n) is 14.8. The summed E-state index contributed by atoms with van der Waals surface area (Å²) in [7, 11) is 1.88. The van der Waals surface area contributed by atoms with E-state index in [9.17, 15) is 5.11 Å². The van der Waals surface area contributed by atoms with Gasteiger partial charge in [0.05, 0.1) is 29.4 Å². The molecule has 0 aliphatic carbocycles. The van der Waals surface area contributed by atoms with Crippen LogP contribution < -0.4 is 10.2 Å². The standard InChI is InChI=1S/C20H24Cl2N2O2/c1-23-13-17(14-5-6-18(21)19(22)12-14)20(25)15-3-2-4-16(11-15)24-7-9-26-10-8-24/h2-6,11-12,17,20,23,25H,7-10,13H2,1H3/t17-,20-/m0/s1. The van der Waals surface area contributed by atoms with Crippen molar-refractivity contribution in [3.05, 3.63) is 63.6 Å². The molecule has 3 rings (SSSR count). The van der Waals surface area contributed by atoms with Crippen LogP contribution in [0.5, 0.6) is 0 Å². The van der Waals surface area contributed by atoms with Crippen LogP contribution in [-0.2, 0) is 4.74 Å². The number of rotatable bonds is 6. The molecule has 0 saturated carbocycles. The van der Waals surface area contributed by atoms with Crippen molar-refractivity contribution in [1.29, 1.82) is 0 Å². The van der Waals surface area contributed by atoms with Crippen LogP contribution in [-0.4, -0.2) is 45.0 Å². The Balaban J connectivity index is 1.86. The lowest BCUT2D eigenvalue weighted by Gasteiger charge is -2.30. The normalized spacial score (nSPS) is 17.2. The molecular formula is C20H24Cl2N2O2. The second kappa shape index (κ2) is 9.07. The highest BCUT2D eigenvalue weighted by molar-refractivity contribution is 6.42. The molecule has 1 fully saturated rings. The molecule has 2 N–H and O–H groups in total. The summed E-state index contributed by atoms with van der Waals surface area (Å²) < 4.78 is 5.43. The molecule has 6 heteroatoms. The topological polar surface area (TPSA) is 44.7 Å². The maximum absolute atomic E-state index is 11.1. The van der Waals surface area contributed by atoms with Gasteiger partial charge in [-0.05, 0) is 42.4 Å². The molecule has 0 amide bonds. The number of aliphatic hydroxyl groups is 1. The zero-order valence-corrected chi connectivity index (χ0v) is 16.3. The van der Waals surface area contributed by atoms with Crippen molar-refractivity contribution in [3.63, 3.8) is 0 Å². The van der Waals surface area contributed by atoms with Gasteiger partial charge in [-0.1, -0.05) is 41.4 Å². The Bertz CT molecular complexity index is 736. The van der Waals surface area contributed by atoms with Crippen molar-refractivity contribution in [2.45, 2.75) is 12.0 Å². The van der Waals surface area contributed by atoms with Gasteiger partial charge in [-0.3, -0.25) is 0 Å². The highest BCUT2D eigenvalue weighted by Crippen LogP contribution is 2.35. The molecule has 2 aromatic carbocycles. The Morgan fingerprint density at radius 2 is 1.85 bits per heavy atom. The van der Waals surface area contributed by atoms with Gasteiger partial charge in [-0.15, -0.1) is 0 Å². The second-order valence-electron chi connectivity index (χ2n) is 6.48. The number of hydrogen-bond acceptors (Lipinski definition) is 4. The van der Waals surface area contributed by atoms with Gasteiger partial charge in [-0.25, -0.2) is 0 Å². The first-order valence-corrected chi connectivity index (χ1v) is 9.56. The molecule has 1 aliphatic heterocycles. The number of ether oxygens (including phenoxy) is 1. The van der Waals surface area contributed by atoms with Gasteiger partial charge in [0, 0.05) is 31.2 Å². The molecule has 1 aliphatic rings. The average Bonchev–Trinajstić information content (AvgIpc) is 2.68. The lowest BCUT2D eigenvalue weighted by atomic mass is 9.89. The van der Waals surface area contributed by atoms with Gasteiger partial charge in [0.1, 0.15) is 0 Å². The summed E-state index contributed by atoms with van der Waals surface area (Å²) in [5.74, 6) is -0.130. The molecule has 1 saturated heterocycles. The highest BCUT2D eigenvalue weighted by Gasteiger charge is 2.24. The van der Waals surface area contributed by atoms with E-state index in [2.05, 4.69) is 22.3 Å². The van der Waals surface area contributed by atoms with Crippen LogP contribution in [0.4, 0.5) is 5.69 Å². The number of likely N-dealkylation sites (N-methyl/N-ethyl adjacent to an activating group) is 1. The largest absolute Gasteiger partial charge is 0.388 e. The van der Waals surface area contributed by atoms with Crippen LogP contribution in [0.1, 0.15) is 23.1 Å². The average molecular weight is 395 g/mol. The Hall–Kier alpha value is -1.30. The van der Waals surface area contributed by atoms with E-state index in [1.807, 2.05) is 31.3 Å². The minimum Gasteiger partial charge on any atom is -0.388 e. The second-order valence-corrected chi connectivity index (χ2v) is 7.29. The van der Waals surface area contributed by atoms with E-state index in [1.54, 1.807) is 6.07 Å². The minimum absolute atomic E-state index is 0.130. The van der Waals surface area contributed by atoms with Crippen LogP contribution in [0.2, 0.25) is 10.0 Å². The predicted molar refractivity (Wildman–Crippen MR) is 108 cm³/mol. The Kier molecular flexibility index (Phi) is 6.79. The van der Waals surface area contributed by atoms with Crippen LogP contribution >= 0.6 is 23.2 Å². The van der Waals surface area contributed by atoms with E-state index in [1.165, 1.54) is 0 Å². The molecule has 0 unspecified atom stereocenters. The van der Waals surface area contributed by atoms with E-state index in [0.29, 0.717) is 16.6 Å². The fraction of sp³-hybridized carbons (Fsp3) is 0.400. The summed E-state index contributed by atoms with van der Waals surface area (Å²) in [6.45, 7) is 3.83. The quantitative estimate of drug-likeness (QED) is 0.780. The third-order valence-electron chi connectivity index (χ3n) is 4.76. The SMILES string of the molecule is CNC[C@@H](c1ccc(Cl)c(Cl)c1)[C@@H](O)c1cccc(N2CCOCC2)c1. The maximum atomic E-state index is 11.1. The Morgan fingerprint density at radius 1 is 1.08 bits per heavy atom. The van der Waals surface area contributed by atoms with E-state index in [-0.39, 0.29) is 5.92 Å². The van der Waals surface area contributed by atoms with Gasteiger partial charge in [0.15, 0.2) is 0 Å². The van der Waals surface area contributed by atoms with Crippen molar-refractivity contribution in [2.24, 2.45) is 0 Å². The molecule has 1 heterocycles. The van der Waals surface area contributed by atoms with Crippen molar-refractivity contribution < 1.29 is 9.84 Å². The van der Waals surface area contributed by atoms with Crippen molar-refractivity contribution in [2.75, 3.05) is 44.8 Å². The fourth-order valence-electron chi connectivity index (χ4n) is 3.33. The monoisotopic (exact) mass is 394 g/mol. The fourth-order valence-corrected chi connectivity index (χ4v) is 3.64. The van der Waals surface area contributed by atoms with Gasteiger partial charge < -0.3 is 20.1 Å². The van der Waals surface area contributed by atoms with Crippen LogP contribution in [0.25, 0.3) is 0 Å². The van der Waals surface area contributed by atoms with E-state index < -0.39 is 6.10 Å². The van der Waals surface area contributed by atoms with Crippen molar-refractivity contribution in [3.8, 4) is 0 Å². The summed E-state index contributed by atoms with van der Waals surface area (Å²) in [6, 6.07) is 13.6. The predicted octanol–water partition coefficient (Wildman–Crippen LogP) is 3.87. The molecule has 0 radical (unpaired) electrons. The Labute approximate surface area is 164 Å². The first-order valence-electron chi connectivity index (χ1n) is 8.80. The van der Waals surface area contributed by atoms with Gasteiger partial charge in [-0.2, -0.15) is 0 Å². The number of nitrogens with zero attached hydrogens (tertiary/aromatic N) is 1. The number of morpholine rings is 1. The number of benzene rings is 2. The van der Waals surface area contributed by atoms with Crippen LogP contribution in [0.15, 0.2) is 42.5 Å². The number of aliphatic hydroxyl groups excluding tert-OH is 1. The molecule has 0 spiro atoms. The summed E-state index contributed by atoms with van der Waals surface area (Å²) in [6.07, 6.45) is -0.652. The summed E-state index contributed by atoms with van der Waals surface area (Å²) in [5, 5.41) is 15.3. The highest BCUT2D eigenvalue weighted by atomic mass is 35.5. The van der Waals surface area contributed by atoms with E-state index in [0.717, 1.165) is 43.1 Å². The number of anilines is 1. The number of halogens is 2. The molecular weight excluding hydrogens is 371 g/mol. The first-order chi connectivity index (χ1) is 12.6. The molecule has 26 heavy (non-hydrogen) atoms. The van der Waals surface area contributed by atoms with Crippen molar-refractivity contribution >= 4 is 28.9 Å². The smallest absolute Gasteiger partial charge is 0.0871 e. The molecule has 4 nitrogen and oxygen atoms in total. The van der Waals surface area contributed by atoms with Crippen molar-refractivity contribution in [1.82, 2.24) is 5.32 Å². The van der Waals surface area contributed by atoms with E-state index >= 15 is 0 Å². The summed E-state index contributed by atoms with van der Waals surface area (Å²) in [4.78, 5) is 2.28. The lowest BCUT2D eigenvalue weighted by molar-refractivity contribution is 0.122. The molecule has 2 atom stereocenters. The molecule has 2 aromatic rings. The van der Waals surface area contributed by atoms with Crippen LogP contribution in [0, 0.1) is 0 Å². The maximum Gasteiger partial charge on any atom is 0.0871 e. The van der Waals surface area contributed by atoms with E-state index in [4.69, 9.17) is 27.9 Å². The third-order valence-corrected chi connectivity index (χ3v) is 5.50. The lowest BCUT2D eigenvalue weighted by Crippen LogP contribution is -2.36. The molecule has 0 bridgehead atoms. The molecule has 140 valence electrons. The van der Waals surface area contributed by atoms with Crippen LogP contribution in [0.3, 0.4) is 0 Å². The number of nitrogens with one attached hydrogen (secondary N) is 1. The summed E-state index contributed by atoms with van der Waals surface area (Å²) >= 11 is 12.2. The molecule has 0 aromatic heterocycles. The van der Waals surface area contributed by atoms with Gasteiger partial charge in [0.25, 0.3) is 0 Å². The minimum atomic E-state index is -0.652. The Morgan fingerprint density at radius 3 is 2.54 bits per heavy atom. The van der Waals surface area contributed by atoms with Gasteiger partial charge >= 0.3 is 0 Å². The summed E-state index contributed by atoms with van der Waals surface area (Å²) in [5.41, 5.74) is 2.96. The third kappa shape index (κ3) is 4.51.